The van der Waals surface area contributed by atoms with Gasteiger partial charge in [-0.05, 0) is 43.0 Å². The highest BCUT2D eigenvalue weighted by atomic mass is 16.2. The van der Waals surface area contributed by atoms with Crippen molar-refractivity contribution < 1.29 is 9.59 Å². The summed E-state index contributed by atoms with van der Waals surface area (Å²) in [6, 6.07) is 19.0. The highest BCUT2D eigenvalue weighted by Gasteiger charge is 2.43. The minimum absolute atomic E-state index is 0.0150. The number of rotatable bonds is 4. The van der Waals surface area contributed by atoms with E-state index in [2.05, 4.69) is 11.4 Å². The van der Waals surface area contributed by atoms with E-state index in [1.54, 1.807) is 24.0 Å². The van der Waals surface area contributed by atoms with Crippen molar-refractivity contribution in [3.63, 3.8) is 0 Å². The lowest BCUT2D eigenvalue weighted by molar-refractivity contribution is -0.135. The van der Waals surface area contributed by atoms with Gasteiger partial charge in [-0.1, -0.05) is 42.5 Å². The Labute approximate surface area is 166 Å². The van der Waals surface area contributed by atoms with Crippen molar-refractivity contribution in [3.8, 4) is 6.07 Å². The first kappa shape index (κ1) is 19.6. The first-order valence-corrected chi connectivity index (χ1v) is 9.58. The summed E-state index contributed by atoms with van der Waals surface area (Å²) >= 11 is 0. The molecule has 0 spiro atoms. The maximum absolute atomic E-state index is 13.4. The minimum atomic E-state index is -0.645. The van der Waals surface area contributed by atoms with Crippen molar-refractivity contribution in [2.75, 3.05) is 13.1 Å². The van der Waals surface area contributed by atoms with Crippen LogP contribution >= 0.6 is 0 Å². The molecule has 0 radical (unpaired) electrons. The van der Waals surface area contributed by atoms with E-state index in [-0.39, 0.29) is 17.9 Å². The van der Waals surface area contributed by atoms with Crippen LogP contribution in [0.3, 0.4) is 0 Å². The Kier molecular flexibility index (Phi) is 5.79. The SMILES string of the molecule is CC(=O)N1CCC(C(=O)NC(C)c2ccc(C#N)cc2)(c2ccccc2)CC1. The van der Waals surface area contributed by atoms with Crippen molar-refractivity contribution in [3.05, 3.63) is 71.3 Å². The summed E-state index contributed by atoms with van der Waals surface area (Å²) in [5.41, 5.74) is 1.90. The van der Waals surface area contributed by atoms with Gasteiger partial charge < -0.3 is 10.2 Å². The van der Waals surface area contributed by atoms with Gasteiger partial charge >= 0.3 is 0 Å². The van der Waals surface area contributed by atoms with Crippen LogP contribution in [0, 0.1) is 11.3 Å². The standard InChI is InChI=1S/C23H25N3O2/c1-17(20-10-8-19(16-24)9-11-20)25-22(28)23(21-6-4-3-5-7-21)12-14-26(15-13-23)18(2)27/h3-11,17H,12-15H2,1-2H3,(H,25,28). The molecule has 5 nitrogen and oxygen atoms in total. The molecule has 0 aromatic heterocycles. The van der Waals surface area contributed by atoms with Crippen molar-refractivity contribution in [2.24, 2.45) is 0 Å². The summed E-state index contributed by atoms with van der Waals surface area (Å²) in [6.07, 6.45) is 1.20. The normalized spacial score (nSPS) is 16.7. The lowest BCUT2D eigenvalue weighted by Gasteiger charge is -2.41. The van der Waals surface area contributed by atoms with Crippen LogP contribution in [0.2, 0.25) is 0 Å². The van der Waals surface area contributed by atoms with Gasteiger partial charge in [0, 0.05) is 20.0 Å². The van der Waals surface area contributed by atoms with Gasteiger partial charge in [0.1, 0.15) is 0 Å². The van der Waals surface area contributed by atoms with Gasteiger partial charge in [-0.15, -0.1) is 0 Å². The summed E-state index contributed by atoms with van der Waals surface area (Å²) in [7, 11) is 0. The number of amides is 2. The highest BCUT2D eigenvalue weighted by molar-refractivity contribution is 5.89. The van der Waals surface area contributed by atoms with E-state index in [0.29, 0.717) is 31.5 Å². The molecule has 0 bridgehead atoms. The minimum Gasteiger partial charge on any atom is -0.349 e. The average Bonchev–Trinajstić information content (AvgIpc) is 2.74. The van der Waals surface area contributed by atoms with Crippen LogP contribution in [0.5, 0.6) is 0 Å². The predicted octanol–water partition coefficient (Wildman–Crippen LogP) is 3.32. The van der Waals surface area contributed by atoms with Gasteiger partial charge in [0.05, 0.1) is 23.1 Å². The zero-order valence-electron chi connectivity index (χ0n) is 16.3. The van der Waals surface area contributed by atoms with E-state index < -0.39 is 5.41 Å². The third-order valence-corrected chi connectivity index (χ3v) is 5.71. The predicted molar refractivity (Wildman–Crippen MR) is 107 cm³/mol. The third-order valence-electron chi connectivity index (χ3n) is 5.71. The molecule has 1 aliphatic heterocycles. The Morgan fingerprint density at radius 1 is 1.07 bits per heavy atom. The van der Waals surface area contributed by atoms with Crippen molar-refractivity contribution in [1.29, 1.82) is 5.26 Å². The van der Waals surface area contributed by atoms with Gasteiger partial charge in [0.15, 0.2) is 0 Å². The fourth-order valence-corrected chi connectivity index (χ4v) is 3.87. The Balaban J connectivity index is 1.83. The number of carbonyl (C=O) groups excluding carboxylic acids is 2. The number of piperidine rings is 1. The summed E-state index contributed by atoms with van der Waals surface area (Å²) in [4.78, 5) is 27.0. The topological polar surface area (TPSA) is 73.2 Å². The lowest BCUT2D eigenvalue weighted by Crippen LogP contribution is -2.52. The average molecular weight is 375 g/mol. The first-order chi connectivity index (χ1) is 13.5. The second-order valence-electron chi connectivity index (χ2n) is 7.38. The molecule has 1 N–H and O–H groups in total. The third kappa shape index (κ3) is 3.91. The summed E-state index contributed by atoms with van der Waals surface area (Å²) in [6.45, 7) is 4.66. The van der Waals surface area contributed by atoms with Crippen LogP contribution in [-0.2, 0) is 15.0 Å². The monoisotopic (exact) mass is 375 g/mol. The first-order valence-electron chi connectivity index (χ1n) is 9.58. The zero-order chi connectivity index (χ0) is 20.1. The molecule has 1 aliphatic rings. The molecular weight excluding hydrogens is 350 g/mol. The van der Waals surface area contributed by atoms with Crippen LogP contribution in [0.25, 0.3) is 0 Å². The number of benzene rings is 2. The second-order valence-corrected chi connectivity index (χ2v) is 7.38. The molecule has 2 amide bonds. The molecule has 1 atom stereocenters. The number of hydrogen-bond donors (Lipinski definition) is 1. The van der Waals surface area contributed by atoms with Crippen molar-refractivity contribution in [1.82, 2.24) is 10.2 Å². The molecule has 3 rings (SSSR count). The number of nitrogens with zero attached hydrogens (tertiary/aromatic N) is 2. The number of hydrogen-bond acceptors (Lipinski definition) is 3. The van der Waals surface area contributed by atoms with Crippen molar-refractivity contribution >= 4 is 11.8 Å². The molecule has 2 aromatic rings. The van der Waals surface area contributed by atoms with E-state index in [9.17, 15) is 9.59 Å². The summed E-state index contributed by atoms with van der Waals surface area (Å²) in [5.74, 6) is 0.0341. The fraction of sp³-hybridized carbons (Fsp3) is 0.348. The Morgan fingerprint density at radius 2 is 1.68 bits per heavy atom. The molecule has 5 heteroatoms. The molecule has 1 unspecified atom stereocenters. The van der Waals surface area contributed by atoms with Gasteiger partial charge in [0.2, 0.25) is 11.8 Å². The molecule has 1 heterocycles. The maximum Gasteiger partial charge on any atom is 0.231 e. The molecule has 28 heavy (non-hydrogen) atoms. The Morgan fingerprint density at radius 3 is 2.21 bits per heavy atom. The highest BCUT2D eigenvalue weighted by Crippen LogP contribution is 2.36. The molecule has 0 aliphatic carbocycles. The summed E-state index contributed by atoms with van der Waals surface area (Å²) in [5, 5.41) is 12.1. The quantitative estimate of drug-likeness (QED) is 0.891. The molecule has 0 saturated carbocycles. The van der Waals surface area contributed by atoms with Gasteiger partial charge in [-0.3, -0.25) is 9.59 Å². The molecular formula is C23H25N3O2. The van der Waals surface area contributed by atoms with E-state index in [4.69, 9.17) is 5.26 Å². The number of nitriles is 1. The van der Waals surface area contributed by atoms with E-state index in [1.165, 1.54) is 0 Å². The smallest absolute Gasteiger partial charge is 0.231 e. The van der Waals surface area contributed by atoms with Crippen LogP contribution in [0.4, 0.5) is 0 Å². The molecule has 1 saturated heterocycles. The maximum atomic E-state index is 13.4. The van der Waals surface area contributed by atoms with Crippen LogP contribution < -0.4 is 5.32 Å². The number of likely N-dealkylation sites (tertiary alicyclic amines) is 1. The zero-order valence-corrected chi connectivity index (χ0v) is 16.3. The van der Waals surface area contributed by atoms with E-state index in [0.717, 1.165) is 11.1 Å². The number of nitrogens with one attached hydrogen (secondary N) is 1. The second kappa shape index (κ2) is 8.26. The molecule has 2 aromatic carbocycles. The number of carbonyl (C=O) groups is 2. The fourth-order valence-electron chi connectivity index (χ4n) is 3.87. The lowest BCUT2D eigenvalue weighted by atomic mass is 9.71. The van der Waals surface area contributed by atoms with E-state index >= 15 is 0 Å². The van der Waals surface area contributed by atoms with E-state index in [1.807, 2.05) is 49.4 Å². The molecule has 1 fully saturated rings. The van der Waals surface area contributed by atoms with Gasteiger partial charge in [-0.25, -0.2) is 0 Å². The molecule has 144 valence electrons. The largest absolute Gasteiger partial charge is 0.349 e. The van der Waals surface area contributed by atoms with Crippen LogP contribution in [0.15, 0.2) is 54.6 Å². The van der Waals surface area contributed by atoms with Gasteiger partial charge in [-0.2, -0.15) is 5.26 Å². The Hall–Kier alpha value is -3.13. The van der Waals surface area contributed by atoms with Gasteiger partial charge in [0.25, 0.3) is 0 Å². The van der Waals surface area contributed by atoms with Crippen LogP contribution in [0.1, 0.15) is 49.4 Å². The Bertz CT molecular complexity index is 876. The summed E-state index contributed by atoms with van der Waals surface area (Å²) < 4.78 is 0. The van der Waals surface area contributed by atoms with Crippen LogP contribution in [-0.4, -0.2) is 29.8 Å². The van der Waals surface area contributed by atoms with Crippen molar-refractivity contribution in [2.45, 2.75) is 38.1 Å².